The van der Waals surface area contributed by atoms with Gasteiger partial charge in [-0.25, -0.2) is 4.79 Å². The first-order valence-electron chi connectivity index (χ1n) is 8.03. The minimum atomic E-state index is -0.159. The second-order valence-corrected chi connectivity index (χ2v) is 5.93. The Balaban J connectivity index is 1.44. The van der Waals surface area contributed by atoms with Gasteiger partial charge in [0.1, 0.15) is 0 Å². The zero-order valence-electron chi connectivity index (χ0n) is 13.6. The maximum Gasteiger partial charge on any atom is 0.315 e. The average Bonchev–Trinajstić information content (AvgIpc) is 3.11. The van der Waals surface area contributed by atoms with Crippen molar-refractivity contribution in [1.29, 1.82) is 0 Å². The Morgan fingerprint density at radius 1 is 1.21 bits per heavy atom. The lowest BCUT2D eigenvalue weighted by molar-refractivity contribution is 0.238. The first-order valence-corrected chi connectivity index (χ1v) is 8.03. The predicted molar refractivity (Wildman–Crippen MR) is 93.4 cm³/mol. The zero-order valence-corrected chi connectivity index (χ0v) is 13.6. The second-order valence-electron chi connectivity index (χ2n) is 5.93. The maximum atomic E-state index is 11.9. The molecule has 2 amide bonds. The summed E-state index contributed by atoms with van der Waals surface area (Å²) in [5.41, 5.74) is 2.01. The molecule has 0 spiro atoms. The summed E-state index contributed by atoms with van der Waals surface area (Å²) in [7, 11) is 0. The second kappa shape index (κ2) is 7.59. The monoisotopic (exact) mass is 323 g/mol. The SMILES string of the molecule is C[C@@H](CNC(=O)NCc1ccc2ncccc2c1)Cn1cccn1. The van der Waals surface area contributed by atoms with E-state index in [1.165, 1.54) is 0 Å². The average molecular weight is 323 g/mol. The Bertz CT molecular complexity index is 800. The van der Waals surface area contributed by atoms with Crippen molar-refractivity contribution in [3.05, 3.63) is 60.6 Å². The van der Waals surface area contributed by atoms with Crippen LogP contribution >= 0.6 is 0 Å². The molecule has 3 aromatic rings. The molecule has 3 rings (SSSR count). The summed E-state index contributed by atoms with van der Waals surface area (Å²) in [6, 6.07) is 11.7. The number of fused-ring (bicyclic) bond motifs is 1. The first-order chi connectivity index (χ1) is 11.7. The quantitative estimate of drug-likeness (QED) is 0.732. The van der Waals surface area contributed by atoms with Gasteiger partial charge >= 0.3 is 6.03 Å². The summed E-state index contributed by atoms with van der Waals surface area (Å²) in [6.45, 7) is 3.96. The third-order valence-corrected chi connectivity index (χ3v) is 3.79. The molecule has 0 bridgehead atoms. The van der Waals surface area contributed by atoms with Crippen LogP contribution in [0.5, 0.6) is 0 Å². The summed E-state index contributed by atoms with van der Waals surface area (Å²) in [6.07, 6.45) is 5.45. The lowest BCUT2D eigenvalue weighted by Crippen LogP contribution is -2.38. The molecule has 0 radical (unpaired) electrons. The van der Waals surface area contributed by atoms with E-state index in [1.54, 1.807) is 12.4 Å². The van der Waals surface area contributed by atoms with Crippen molar-refractivity contribution in [2.24, 2.45) is 5.92 Å². The predicted octanol–water partition coefficient (Wildman–Crippen LogP) is 2.57. The molecule has 6 nitrogen and oxygen atoms in total. The number of benzene rings is 1. The number of nitrogens with one attached hydrogen (secondary N) is 2. The van der Waals surface area contributed by atoms with Crippen LogP contribution < -0.4 is 10.6 Å². The van der Waals surface area contributed by atoms with Crippen LogP contribution in [-0.4, -0.2) is 27.3 Å². The van der Waals surface area contributed by atoms with E-state index in [2.05, 4.69) is 27.6 Å². The van der Waals surface area contributed by atoms with Crippen molar-refractivity contribution < 1.29 is 4.79 Å². The van der Waals surface area contributed by atoms with Crippen LogP contribution in [0.25, 0.3) is 10.9 Å². The smallest absolute Gasteiger partial charge is 0.315 e. The number of rotatable bonds is 6. The Morgan fingerprint density at radius 3 is 2.96 bits per heavy atom. The maximum absolute atomic E-state index is 11.9. The lowest BCUT2D eigenvalue weighted by atomic mass is 10.1. The van der Waals surface area contributed by atoms with Crippen molar-refractivity contribution in [3.8, 4) is 0 Å². The highest BCUT2D eigenvalue weighted by molar-refractivity contribution is 5.79. The molecule has 0 aliphatic heterocycles. The molecule has 2 N–H and O–H groups in total. The topological polar surface area (TPSA) is 71.8 Å². The van der Waals surface area contributed by atoms with Crippen molar-refractivity contribution in [1.82, 2.24) is 25.4 Å². The van der Waals surface area contributed by atoms with E-state index in [-0.39, 0.29) is 6.03 Å². The number of pyridine rings is 1. The zero-order chi connectivity index (χ0) is 16.8. The van der Waals surface area contributed by atoms with E-state index in [1.807, 2.05) is 47.3 Å². The molecule has 24 heavy (non-hydrogen) atoms. The fourth-order valence-corrected chi connectivity index (χ4v) is 2.54. The molecule has 0 saturated heterocycles. The Labute approximate surface area is 140 Å². The minimum Gasteiger partial charge on any atom is -0.338 e. The van der Waals surface area contributed by atoms with Crippen molar-refractivity contribution in [2.45, 2.75) is 20.0 Å². The van der Waals surface area contributed by atoms with Gasteiger partial charge in [0.15, 0.2) is 0 Å². The standard InChI is InChI=1S/C18H21N5O/c1-14(13-23-9-3-8-22-23)11-20-18(24)21-12-15-5-6-17-16(10-15)4-2-7-19-17/h2-10,14H,11-13H2,1H3,(H2,20,21,24)/t14-/m0/s1. The molecular formula is C18H21N5O. The van der Waals surface area contributed by atoms with Crippen molar-refractivity contribution in [3.63, 3.8) is 0 Å². The van der Waals surface area contributed by atoms with Gasteiger partial charge in [0.05, 0.1) is 5.52 Å². The van der Waals surface area contributed by atoms with Crippen LogP contribution in [-0.2, 0) is 13.1 Å². The highest BCUT2D eigenvalue weighted by atomic mass is 16.2. The largest absolute Gasteiger partial charge is 0.338 e. The van der Waals surface area contributed by atoms with Gasteiger partial charge in [-0.15, -0.1) is 0 Å². The van der Waals surface area contributed by atoms with Gasteiger partial charge in [-0.2, -0.15) is 5.10 Å². The van der Waals surface area contributed by atoms with E-state index >= 15 is 0 Å². The van der Waals surface area contributed by atoms with Gasteiger partial charge in [-0.3, -0.25) is 9.67 Å². The molecule has 0 aliphatic rings. The fraction of sp³-hybridized carbons (Fsp3) is 0.278. The lowest BCUT2D eigenvalue weighted by Gasteiger charge is -2.13. The van der Waals surface area contributed by atoms with Crippen LogP contribution in [0.2, 0.25) is 0 Å². The Hall–Kier alpha value is -2.89. The molecule has 124 valence electrons. The summed E-state index contributed by atoms with van der Waals surface area (Å²) < 4.78 is 1.87. The summed E-state index contributed by atoms with van der Waals surface area (Å²) in [5.74, 6) is 0.308. The number of nitrogens with zero attached hydrogens (tertiary/aromatic N) is 3. The molecule has 1 aromatic carbocycles. The van der Waals surface area contributed by atoms with Gasteiger partial charge in [0, 0.05) is 43.6 Å². The van der Waals surface area contributed by atoms with E-state index in [4.69, 9.17) is 0 Å². The fourth-order valence-electron chi connectivity index (χ4n) is 2.54. The summed E-state index contributed by atoms with van der Waals surface area (Å²) in [5, 5.41) is 11.0. The number of urea groups is 1. The minimum absolute atomic E-state index is 0.159. The molecule has 0 unspecified atom stereocenters. The van der Waals surface area contributed by atoms with E-state index in [9.17, 15) is 4.79 Å². The molecule has 2 heterocycles. The number of hydrogen-bond donors (Lipinski definition) is 2. The van der Waals surface area contributed by atoms with Gasteiger partial charge in [0.25, 0.3) is 0 Å². The highest BCUT2D eigenvalue weighted by Gasteiger charge is 2.06. The normalized spacial score (nSPS) is 12.0. The molecule has 6 heteroatoms. The van der Waals surface area contributed by atoms with E-state index < -0.39 is 0 Å². The van der Waals surface area contributed by atoms with Crippen molar-refractivity contribution >= 4 is 16.9 Å². The van der Waals surface area contributed by atoms with Crippen LogP contribution in [0.4, 0.5) is 4.79 Å². The molecule has 0 saturated carbocycles. The van der Waals surface area contributed by atoms with E-state index in [0.29, 0.717) is 19.0 Å². The third-order valence-electron chi connectivity index (χ3n) is 3.79. The molecule has 1 atom stereocenters. The highest BCUT2D eigenvalue weighted by Crippen LogP contribution is 2.13. The molecule has 0 fully saturated rings. The van der Waals surface area contributed by atoms with Crippen LogP contribution in [0.1, 0.15) is 12.5 Å². The summed E-state index contributed by atoms with van der Waals surface area (Å²) in [4.78, 5) is 16.2. The summed E-state index contributed by atoms with van der Waals surface area (Å²) >= 11 is 0. The van der Waals surface area contributed by atoms with Gasteiger partial charge in [0.2, 0.25) is 0 Å². The third kappa shape index (κ3) is 4.32. The molecule has 2 aromatic heterocycles. The van der Waals surface area contributed by atoms with Gasteiger partial charge in [-0.05, 0) is 35.7 Å². The van der Waals surface area contributed by atoms with Crippen LogP contribution in [0.15, 0.2) is 55.0 Å². The van der Waals surface area contributed by atoms with Crippen molar-refractivity contribution in [2.75, 3.05) is 6.54 Å². The van der Waals surface area contributed by atoms with E-state index in [0.717, 1.165) is 23.0 Å². The van der Waals surface area contributed by atoms with Gasteiger partial charge in [-0.1, -0.05) is 19.1 Å². The van der Waals surface area contributed by atoms with Crippen LogP contribution in [0.3, 0.4) is 0 Å². The number of amides is 2. The molecule has 0 aliphatic carbocycles. The van der Waals surface area contributed by atoms with Gasteiger partial charge < -0.3 is 10.6 Å². The first kappa shape index (κ1) is 16.0. The number of carbonyl (C=O) groups is 1. The number of hydrogen-bond acceptors (Lipinski definition) is 3. The number of carbonyl (C=O) groups excluding carboxylic acids is 1. The number of aromatic nitrogens is 3. The van der Waals surface area contributed by atoms with Crippen LogP contribution in [0, 0.1) is 5.92 Å². The molecular weight excluding hydrogens is 302 g/mol. The Morgan fingerprint density at radius 2 is 2.12 bits per heavy atom. The Kier molecular flexibility index (Phi) is 5.05.